The minimum Gasteiger partial charge on any atom is -0.396 e. The number of aliphatic hydroxyl groups is 1. The van der Waals surface area contributed by atoms with Crippen LogP contribution in [0, 0.1) is 6.92 Å². The first-order chi connectivity index (χ1) is 7.31. The van der Waals surface area contributed by atoms with Crippen LogP contribution in [0.4, 0.5) is 0 Å². The molecular formula is C11H12N2OS. The number of thiazole rings is 1. The summed E-state index contributed by atoms with van der Waals surface area (Å²) in [6.07, 6.45) is 2.39. The molecule has 0 atom stereocenters. The zero-order chi connectivity index (χ0) is 10.7. The Morgan fingerprint density at radius 3 is 2.93 bits per heavy atom. The Hall–Kier alpha value is -1.26. The molecule has 2 aromatic rings. The monoisotopic (exact) mass is 220 g/mol. The molecule has 0 saturated heterocycles. The maximum absolute atomic E-state index is 8.84. The fourth-order valence-corrected chi connectivity index (χ4v) is 2.32. The van der Waals surface area contributed by atoms with E-state index in [4.69, 9.17) is 5.11 Å². The Balaban J connectivity index is 2.36. The van der Waals surface area contributed by atoms with Crippen LogP contribution in [-0.2, 0) is 6.42 Å². The van der Waals surface area contributed by atoms with Crippen molar-refractivity contribution in [1.82, 2.24) is 9.97 Å². The molecule has 0 bridgehead atoms. The molecule has 15 heavy (non-hydrogen) atoms. The third-order valence-corrected chi connectivity index (χ3v) is 3.10. The van der Waals surface area contributed by atoms with Gasteiger partial charge in [0.1, 0.15) is 5.69 Å². The zero-order valence-electron chi connectivity index (χ0n) is 8.47. The Labute approximate surface area is 92.5 Å². The van der Waals surface area contributed by atoms with Crippen LogP contribution in [0.1, 0.15) is 9.88 Å². The van der Waals surface area contributed by atoms with Crippen molar-refractivity contribution in [3.05, 3.63) is 34.3 Å². The van der Waals surface area contributed by atoms with E-state index in [0.717, 1.165) is 21.3 Å². The van der Waals surface area contributed by atoms with Crippen LogP contribution in [-0.4, -0.2) is 21.7 Å². The van der Waals surface area contributed by atoms with Gasteiger partial charge in [-0.1, -0.05) is 6.07 Å². The van der Waals surface area contributed by atoms with Crippen LogP contribution >= 0.6 is 11.3 Å². The van der Waals surface area contributed by atoms with Crippen LogP contribution in [0.15, 0.2) is 24.4 Å². The average Bonchev–Trinajstić information content (AvgIpc) is 2.61. The summed E-state index contributed by atoms with van der Waals surface area (Å²) in [5.41, 5.74) is 1.83. The van der Waals surface area contributed by atoms with Gasteiger partial charge < -0.3 is 5.11 Å². The summed E-state index contributed by atoms with van der Waals surface area (Å²) in [4.78, 5) is 9.88. The van der Waals surface area contributed by atoms with E-state index in [-0.39, 0.29) is 6.61 Å². The Morgan fingerprint density at radius 2 is 2.27 bits per heavy atom. The third-order valence-electron chi connectivity index (χ3n) is 2.07. The molecule has 2 rings (SSSR count). The minimum atomic E-state index is 0.147. The molecule has 3 nitrogen and oxygen atoms in total. The molecule has 0 aliphatic heterocycles. The number of aryl methyl sites for hydroxylation is 1. The van der Waals surface area contributed by atoms with E-state index in [1.54, 1.807) is 17.5 Å². The van der Waals surface area contributed by atoms with Crippen molar-refractivity contribution in [2.24, 2.45) is 0 Å². The largest absolute Gasteiger partial charge is 0.396 e. The number of pyridine rings is 1. The topological polar surface area (TPSA) is 46.0 Å². The lowest BCUT2D eigenvalue weighted by Gasteiger charge is -1.95. The lowest BCUT2D eigenvalue weighted by atomic mass is 10.2. The summed E-state index contributed by atoms with van der Waals surface area (Å²) in [7, 11) is 0. The number of hydrogen-bond donors (Lipinski definition) is 1. The highest BCUT2D eigenvalue weighted by Gasteiger charge is 2.09. The molecule has 0 saturated carbocycles. The summed E-state index contributed by atoms with van der Waals surface area (Å²) >= 11 is 1.62. The van der Waals surface area contributed by atoms with Crippen LogP contribution in [0.25, 0.3) is 11.4 Å². The molecule has 2 aromatic heterocycles. The van der Waals surface area contributed by atoms with Gasteiger partial charge in [0, 0.05) is 24.1 Å². The fourth-order valence-electron chi connectivity index (χ4n) is 1.39. The van der Waals surface area contributed by atoms with Gasteiger partial charge in [0.2, 0.25) is 0 Å². The Bertz CT molecular complexity index is 439. The predicted octanol–water partition coefficient (Wildman–Crippen LogP) is 2.05. The van der Waals surface area contributed by atoms with Crippen molar-refractivity contribution in [3.63, 3.8) is 0 Å². The number of aliphatic hydroxyl groups excluding tert-OH is 1. The van der Waals surface area contributed by atoms with Gasteiger partial charge >= 0.3 is 0 Å². The van der Waals surface area contributed by atoms with Gasteiger partial charge in [0.25, 0.3) is 0 Å². The third kappa shape index (κ3) is 2.22. The average molecular weight is 220 g/mol. The lowest BCUT2D eigenvalue weighted by Crippen LogP contribution is -1.89. The molecule has 0 radical (unpaired) electrons. The fraction of sp³-hybridized carbons (Fsp3) is 0.273. The second-order valence-electron chi connectivity index (χ2n) is 3.20. The lowest BCUT2D eigenvalue weighted by molar-refractivity contribution is 0.299. The maximum Gasteiger partial charge on any atom is 0.103 e. The summed E-state index contributed by atoms with van der Waals surface area (Å²) in [5.74, 6) is 0. The van der Waals surface area contributed by atoms with E-state index in [1.165, 1.54) is 0 Å². The van der Waals surface area contributed by atoms with Crippen LogP contribution in [0.2, 0.25) is 0 Å². The van der Waals surface area contributed by atoms with Gasteiger partial charge in [-0.25, -0.2) is 4.98 Å². The normalized spacial score (nSPS) is 10.5. The number of aromatic nitrogens is 2. The highest BCUT2D eigenvalue weighted by atomic mass is 32.1. The van der Waals surface area contributed by atoms with E-state index in [0.29, 0.717) is 6.42 Å². The van der Waals surface area contributed by atoms with Crippen molar-refractivity contribution < 1.29 is 5.11 Å². The molecule has 0 unspecified atom stereocenters. The zero-order valence-corrected chi connectivity index (χ0v) is 9.29. The molecule has 0 amide bonds. The molecule has 0 aliphatic carbocycles. The van der Waals surface area contributed by atoms with Crippen LogP contribution in [0.3, 0.4) is 0 Å². The summed E-state index contributed by atoms with van der Waals surface area (Å²) < 4.78 is 0. The molecule has 4 heteroatoms. The standard InChI is InChI=1S/C11H12N2OS/c1-8-11(9-4-2-3-6-12-9)13-10(15-8)5-7-14/h2-4,6,14H,5,7H2,1H3. The predicted molar refractivity (Wildman–Crippen MR) is 60.9 cm³/mol. The minimum absolute atomic E-state index is 0.147. The molecule has 0 spiro atoms. The second kappa shape index (κ2) is 4.51. The Morgan fingerprint density at radius 1 is 1.40 bits per heavy atom. The van der Waals surface area contributed by atoms with Gasteiger partial charge in [-0.3, -0.25) is 4.98 Å². The van der Waals surface area contributed by atoms with Crippen molar-refractivity contribution in [2.75, 3.05) is 6.61 Å². The van der Waals surface area contributed by atoms with Gasteiger partial charge in [-0.15, -0.1) is 11.3 Å². The molecule has 0 fully saturated rings. The first-order valence-electron chi connectivity index (χ1n) is 4.80. The van der Waals surface area contributed by atoms with Crippen molar-refractivity contribution in [2.45, 2.75) is 13.3 Å². The summed E-state index contributed by atoms with van der Waals surface area (Å²) in [6.45, 7) is 2.18. The van der Waals surface area contributed by atoms with Gasteiger partial charge in [-0.05, 0) is 19.1 Å². The highest BCUT2D eigenvalue weighted by Crippen LogP contribution is 2.25. The van der Waals surface area contributed by atoms with Crippen LogP contribution < -0.4 is 0 Å². The van der Waals surface area contributed by atoms with Crippen molar-refractivity contribution >= 4 is 11.3 Å². The van der Waals surface area contributed by atoms with E-state index in [1.807, 2.05) is 25.1 Å². The number of nitrogens with zero attached hydrogens (tertiary/aromatic N) is 2. The molecule has 0 aliphatic rings. The molecule has 0 aromatic carbocycles. The van der Waals surface area contributed by atoms with Crippen molar-refractivity contribution in [3.8, 4) is 11.4 Å². The van der Waals surface area contributed by atoms with E-state index in [9.17, 15) is 0 Å². The van der Waals surface area contributed by atoms with Crippen molar-refractivity contribution in [1.29, 1.82) is 0 Å². The quantitative estimate of drug-likeness (QED) is 0.861. The van der Waals surface area contributed by atoms with E-state index < -0.39 is 0 Å². The summed E-state index contributed by atoms with van der Waals surface area (Å²) in [5, 5.41) is 9.81. The number of hydrogen-bond acceptors (Lipinski definition) is 4. The number of rotatable bonds is 3. The van der Waals surface area contributed by atoms with E-state index >= 15 is 0 Å². The molecule has 78 valence electrons. The highest BCUT2D eigenvalue weighted by molar-refractivity contribution is 7.12. The molecular weight excluding hydrogens is 208 g/mol. The Kier molecular flexibility index (Phi) is 3.08. The molecule has 1 N–H and O–H groups in total. The first-order valence-corrected chi connectivity index (χ1v) is 5.61. The van der Waals surface area contributed by atoms with Gasteiger partial charge in [-0.2, -0.15) is 0 Å². The van der Waals surface area contributed by atoms with Gasteiger partial charge in [0.15, 0.2) is 0 Å². The van der Waals surface area contributed by atoms with Gasteiger partial charge in [0.05, 0.1) is 10.7 Å². The SMILES string of the molecule is Cc1sc(CCO)nc1-c1ccccn1. The molecule has 2 heterocycles. The van der Waals surface area contributed by atoms with E-state index in [2.05, 4.69) is 9.97 Å². The smallest absolute Gasteiger partial charge is 0.103 e. The first kappa shape index (κ1) is 10.3. The van der Waals surface area contributed by atoms with Crippen LogP contribution in [0.5, 0.6) is 0 Å². The maximum atomic E-state index is 8.84. The second-order valence-corrected chi connectivity index (χ2v) is 4.49. The summed E-state index contributed by atoms with van der Waals surface area (Å²) in [6, 6.07) is 5.79.